The molecule has 2 aliphatic rings. The Kier molecular flexibility index (Phi) is 4.12. The zero-order chi connectivity index (χ0) is 15.1. The van der Waals surface area contributed by atoms with Crippen LogP contribution in [-0.2, 0) is 9.59 Å². The van der Waals surface area contributed by atoms with Crippen LogP contribution in [0.15, 0.2) is 0 Å². The first-order valence-electron chi connectivity index (χ1n) is 7.77. The molecule has 2 amide bonds. The first-order chi connectivity index (χ1) is 9.18. The van der Waals surface area contributed by atoms with Gasteiger partial charge in [0.2, 0.25) is 11.8 Å². The monoisotopic (exact) mass is 280 g/mol. The molecule has 0 aromatic rings. The standard InChI is InChI=1S/C16H28N2O2/c1-11-6-12(2)9-17(8-11)15(20)13-7-14(19)18(10-13)16(3,4)5/h11-13H,6-10H2,1-5H3. The van der Waals surface area contributed by atoms with Gasteiger partial charge in [0.15, 0.2) is 0 Å². The van der Waals surface area contributed by atoms with Gasteiger partial charge in [0.05, 0.1) is 5.92 Å². The fourth-order valence-corrected chi connectivity index (χ4v) is 3.62. The lowest BCUT2D eigenvalue weighted by Gasteiger charge is -2.37. The van der Waals surface area contributed by atoms with Crippen molar-refractivity contribution in [2.45, 2.75) is 53.0 Å². The van der Waals surface area contributed by atoms with E-state index in [9.17, 15) is 9.59 Å². The first-order valence-corrected chi connectivity index (χ1v) is 7.77. The second-order valence-electron chi connectivity index (χ2n) is 7.77. The number of hydrogen-bond acceptors (Lipinski definition) is 2. The van der Waals surface area contributed by atoms with Crippen molar-refractivity contribution in [3.05, 3.63) is 0 Å². The molecule has 114 valence electrons. The predicted octanol–water partition coefficient (Wildman–Crippen LogP) is 2.14. The number of amides is 2. The third kappa shape index (κ3) is 3.15. The minimum Gasteiger partial charge on any atom is -0.342 e. The lowest BCUT2D eigenvalue weighted by Crippen LogP contribution is -2.47. The summed E-state index contributed by atoms with van der Waals surface area (Å²) in [4.78, 5) is 28.6. The average molecular weight is 280 g/mol. The summed E-state index contributed by atoms with van der Waals surface area (Å²) >= 11 is 0. The van der Waals surface area contributed by atoms with Gasteiger partial charge in [-0.1, -0.05) is 13.8 Å². The zero-order valence-corrected chi connectivity index (χ0v) is 13.5. The van der Waals surface area contributed by atoms with E-state index in [0.717, 1.165) is 13.1 Å². The van der Waals surface area contributed by atoms with Crippen LogP contribution in [0.25, 0.3) is 0 Å². The Morgan fingerprint density at radius 3 is 2.10 bits per heavy atom. The van der Waals surface area contributed by atoms with E-state index in [1.165, 1.54) is 6.42 Å². The van der Waals surface area contributed by atoms with Gasteiger partial charge in [0.25, 0.3) is 0 Å². The van der Waals surface area contributed by atoms with Gasteiger partial charge in [-0.15, -0.1) is 0 Å². The largest absolute Gasteiger partial charge is 0.342 e. The van der Waals surface area contributed by atoms with Crippen molar-refractivity contribution in [1.29, 1.82) is 0 Å². The SMILES string of the molecule is CC1CC(C)CN(C(=O)C2CC(=O)N(C(C)(C)C)C2)C1. The Balaban J connectivity index is 2.02. The van der Waals surface area contributed by atoms with Gasteiger partial charge >= 0.3 is 0 Å². The summed E-state index contributed by atoms with van der Waals surface area (Å²) in [6.45, 7) is 12.8. The molecule has 2 fully saturated rings. The number of hydrogen-bond donors (Lipinski definition) is 0. The lowest BCUT2D eigenvalue weighted by atomic mass is 9.91. The lowest BCUT2D eigenvalue weighted by molar-refractivity contribution is -0.138. The molecular weight excluding hydrogens is 252 g/mol. The highest BCUT2D eigenvalue weighted by Gasteiger charge is 2.41. The zero-order valence-electron chi connectivity index (χ0n) is 13.5. The van der Waals surface area contributed by atoms with Crippen LogP contribution in [-0.4, -0.2) is 46.8 Å². The van der Waals surface area contributed by atoms with Crippen molar-refractivity contribution in [3.8, 4) is 0 Å². The van der Waals surface area contributed by atoms with Gasteiger partial charge in [0, 0.05) is 31.6 Å². The minimum absolute atomic E-state index is 0.119. The van der Waals surface area contributed by atoms with Crippen LogP contribution in [0, 0.1) is 17.8 Å². The topological polar surface area (TPSA) is 40.6 Å². The highest BCUT2D eigenvalue weighted by molar-refractivity contribution is 5.89. The molecule has 0 bridgehead atoms. The van der Waals surface area contributed by atoms with Crippen molar-refractivity contribution in [3.63, 3.8) is 0 Å². The quantitative estimate of drug-likeness (QED) is 0.738. The molecular formula is C16H28N2O2. The van der Waals surface area contributed by atoms with Gasteiger partial charge < -0.3 is 9.80 Å². The number of likely N-dealkylation sites (tertiary alicyclic amines) is 2. The maximum Gasteiger partial charge on any atom is 0.228 e. The first kappa shape index (κ1) is 15.3. The van der Waals surface area contributed by atoms with Crippen molar-refractivity contribution < 1.29 is 9.59 Å². The number of piperidine rings is 1. The fraction of sp³-hybridized carbons (Fsp3) is 0.875. The molecule has 3 atom stereocenters. The van der Waals surface area contributed by atoms with Gasteiger partial charge in [-0.25, -0.2) is 0 Å². The van der Waals surface area contributed by atoms with Crippen molar-refractivity contribution >= 4 is 11.8 Å². The molecule has 2 aliphatic heterocycles. The molecule has 0 radical (unpaired) electrons. The maximum atomic E-state index is 12.7. The summed E-state index contributed by atoms with van der Waals surface area (Å²) < 4.78 is 0. The molecule has 0 aromatic heterocycles. The molecule has 0 aromatic carbocycles. The van der Waals surface area contributed by atoms with Gasteiger partial charge in [-0.2, -0.15) is 0 Å². The third-order valence-corrected chi connectivity index (χ3v) is 4.46. The van der Waals surface area contributed by atoms with Gasteiger partial charge in [-0.3, -0.25) is 9.59 Å². The molecule has 3 unspecified atom stereocenters. The van der Waals surface area contributed by atoms with Crippen LogP contribution >= 0.6 is 0 Å². The Bertz CT molecular complexity index is 390. The molecule has 2 rings (SSSR count). The maximum absolute atomic E-state index is 12.7. The molecule has 2 heterocycles. The number of carbonyl (C=O) groups is 2. The summed E-state index contributed by atoms with van der Waals surface area (Å²) in [7, 11) is 0. The van der Waals surface area contributed by atoms with Crippen LogP contribution in [0.5, 0.6) is 0 Å². The van der Waals surface area contributed by atoms with Crippen LogP contribution < -0.4 is 0 Å². The highest BCUT2D eigenvalue weighted by Crippen LogP contribution is 2.29. The van der Waals surface area contributed by atoms with Crippen LogP contribution in [0.2, 0.25) is 0 Å². The molecule has 4 nitrogen and oxygen atoms in total. The minimum atomic E-state index is -0.186. The smallest absolute Gasteiger partial charge is 0.228 e. The summed E-state index contributed by atoms with van der Waals surface area (Å²) in [5, 5.41) is 0. The van der Waals surface area contributed by atoms with Gasteiger partial charge in [0.1, 0.15) is 0 Å². The summed E-state index contributed by atoms with van der Waals surface area (Å²) in [6, 6.07) is 0. The number of nitrogens with zero attached hydrogens (tertiary/aromatic N) is 2. The van der Waals surface area contributed by atoms with E-state index in [4.69, 9.17) is 0 Å². The summed E-state index contributed by atoms with van der Waals surface area (Å²) in [5.41, 5.74) is -0.186. The van der Waals surface area contributed by atoms with Crippen LogP contribution in [0.3, 0.4) is 0 Å². The summed E-state index contributed by atoms with van der Waals surface area (Å²) in [5.74, 6) is 1.30. The predicted molar refractivity (Wildman–Crippen MR) is 79.1 cm³/mol. The average Bonchev–Trinajstić information content (AvgIpc) is 2.68. The van der Waals surface area contributed by atoms with Crippen molar-refractivity contribution in [2.75, 3.05) is 19.6 Å². The third-order valence-electron chi connectivity index (χ3n) is 4.46. The molecule has 0 spiro atoms. The Morgan fingerprint density at radius 1 is 1.10 bits per heavy atom. The molecule has 0 N–H and O–H groups in total. The number of rotatable bonds is 1. The highest BCUT2D eigenvalue weighted by atomic mass is 16.2. The molecule has 2 saturated heterocycles. The molecule has 0 saturated carbocycles. The second-order valence-corrected chi connectivity index (χ2v) is 7.77. The van der Waals surface area contributed by atoms with E-state index in [1.807, 2.05) is 30.6 Å². The van der Waals surface area contributed by atoms with Crippen LogP contribution in [0.1, 0.15) is 47.5 Å². The van der Waals surface area contributed by atoms with E-state index < -0.39 is 0 Å². The van der Waals surface area contributed by atoms with Crippen LogP contribution in [0.4, 0.5) is 0 Å². The number of carbonyl (C=O) groups excluding carboxylic acids is 2. The van der Waals surface area contributed by atoms with E-state index >= 15 is 0 Å². The summed E-state index contributed by atoms with van der Waals surface area (Å²) in [6.07, 6.45) is 1.58. The molecule has 4 heteroatoms. The van der Waals surface area contributed by atoms with Gasteiger partial charge in [-0.05, 0) is 39.0 Å². The Hall–Kier alpha value is -1.06. The molecule has 0 aliphatic carbocycles. The Morgan fingerprint density at radius 2 is 1.65 bits per heavy atom. The Labute approximate surface area is 122 Å². The normalized spacial score (nSPS) is 31.9. The fourth-order valence-electron chi connectivity index (χ4n) is 3.62. The van der Waals surface area contributed by atoms with E-state index in [-0.39, 0.29) is 23.3 Å². The van der Waals surface area contributed by atoms with E-state index in [2.05, 4.69) is 13.8 Å². The second kappa shape index (κ2) is 5.38. The van der Waals surface area contributed by atoms with Crippen molar-refractivity contribution in [1.82, 2.24) is 9.80 Å². The van der Waals surface area contributed by atoms with Crippen molar-refractivity contribution in [2.24, 2.45) is 17.8 Å². The van der Waals surface area contributed by atoms with E-state index in [0.29, 0.717) is 24.8 Å². The molecule has 20 heavy (non-hydrogen) atoms. The van der Waals surface area contributed by atoms with E-state index in [1.54, 1.807) is 0 Å².